The molecular weight excluding hydrogens is 422 g/mol. The van der Waals surface area contributed by atoms with Gasteiger partial charge in [-0.15, -0.1) is 0 Å². The monoisotopic (exact) mass is 447 g/mol. The number of amides is 1. The first kappa shape index (κ1) is 22.4. The van der Waals surface area contributed by atoms with E-state index < -0.39 is 22.0 Å². The van der Waals surface area contributed by atoms with Crippen LogP contribution in [0.1, 0.15) is 6.92 Å². The lowest BCUT2D eigenvalue weighted by molar-refractivity contribution is -0.118. The first-order valence-corrected chi connectivity index (χ1v) is 10.8. The number of methoxy groups -OCH3 is 3. The van der Waals surface area contributed by atoms with E-state index in [4.69, 9.17) is 19.9 Å². The predicted molar refractivity (Wildman–Crippen MR) is 117 cm³/mol. The van der Waals surface area contributed by atoms with Crippen LogP contribution in [0.2, 0.25) is 0 Å². The summed E-state index contributed by atoms with van der Waals surface area (Å²) in [6, 6.07) is 8.28. The van der Waals surface area contributed by atoms with Gasteiger partial charge in [-0.2, -0.15) is 0 Å². The molecule has 0 spiro atoms. The van der Waals surface area contributed by atoms with Crippen LogP contribution in [0.5, 0.6) is 17.2 Å². The molecule has 0 aliphatic rings. The number of carbonyl (C=O) groups is 1. The van der Waals surface area contributed by atoms with Crippen LogP contribution in [0.4, 0.5) is 5.69 Å². The van der Waals surface area contributed by atoms with Crippen molar-refractivity contribution < 1.29 is 27.4 Å². The van der Waals surface area contributed by atoms with Gasteiger partial charge in [0.05, 0.1) is 38.0 Å². The third-order valence-electron chi connectivity index (χ3n) is 4.87. The molecule has 0 fully saturated rings. The minimum absolute atomic E-state index is 0.145. The Morgan fingerprint density at radius 3 is 2.16 bits per heavy atom. The Balaban J connectivity index is 2.24. The first-order valence-electron chi connectivity index (χ1n) is 9.35. The molecule has 1 aromatic heterocycles. The lowest BCUT2D eigenvalue weighted by Gasteiger charge is -2.25. The Morgan fingerprint density at radius 1 is 1.03 bits per heavy atom. The third kappa shape index (κ3) is 3.91. The summed E-state index contributed by atoms with van der Waals surface area (Å²) >= 11 is 0. The molecule has 0 unspecified atom stereocenters. The number of sulfonamides is 1. The van der Waals surface area contributed by atoms with E-state index in [-0.39, 0.29) is 27.8 Å². The van der Waals surface area contributed by atoms with Gasteiger partial charge in [-0.3, -0.25) is 4.79 Å². The number of nitrogens with two attached hydrogens (primary N) is 1. The van der Waals surface area contributed by atoms with Crippen molar-refractivity contribution in [2.45, 2.75) is 17.9 Å². The van der Waals surface area contributed by atoms with Gasteiger partial charge in [-0.1, -0.05) is 0 Å². The number of rotatable bonds is 7. The Hall–Kier alpha value is -3.24. The average Bonchev–Trinajstić information content (AvgIpc) is 3.12. The molecule has 0 bridgehead atoms. The highest BCUT2D eigenvalue weighted by atomic mass is 32.2. The smallest absolute Gasteiger partial charge is 0.271 e. The second-order valence-electron chi connectivity index (χ2n) is 6.93. The van der Waals surface area contributed by atoms with Gasteiger partial charge in [0.2, 0.25) is 5.75 Å². The molecule has 0 radical (unpaired) electrons. The number of hydrogen-bond acceptors (Lipinski definition) is 7. The molecule has 1 amide bonds. The van der Waals surface area contributed by atoms with E-state index >= 15 is 0 Å². The highest BCUT2D eigenvalue weighted by Crippen LogP contribution is 2.40. The second-order valence-corrected chi connectivity index (χ2v) is 8.71. The van der Waals surface area contributed by atoms with Gasteiger partial charge >= 0.3 is 0 Å². The van der Waals surface area contributed by atoms with Crippen LogP contribution in [-0.4, -0.2) is 46.3 Å². The molecule has 1 heterocycles. The van der Waals surface area contributed by atoms with Gasteiger partial charge in [0.15, 0.2) is 11.5 Å². The maximum Gasteiger partial charge on any atom is 0.271 e. The van der Waals surface area contributed by atoms with Crippen molar-refractivity contribution in [3.05, 3.63) is 42.6 Å². The van der Waals surface area contributed by atoms with E-state index in [0.717, 1.165) is 10.9 Å². The molecule has 31 heavy (non-hydrogen) atoms. The molecule has 10 heteroatoms. The lowest BCUT2D eigenvalue weighted by atomic mass is 10.2. The van der Waals surface area contributed by atoms with Crippen molar-refractivity contribution in [2.24, 2.45) is 12.8 Å². The largest absolute Gasteiger partial charge is 0.493 e. The molecule has 2 N–H and O–H groups in total. The van der Waals surface area contributed by atoms with Crippen LogP contribution in [0.3, 0.4) is 0 Å². The number of ether oxygens (including phenoxy) is 3. The van der Waals surface area contributed by atoms with Gasteiger partial charge in [-0.25, -0.2) is 12.7 Å². The Kier molecular flexibility index (Phi) is 6.14. The SMILES string of the molecule is COc1cc(S(=O)(=O)N(C(=O)[C@H](C)N)c2ccc3c(ccn3C)c2)cc(OC)c1OC. The summed E-state index contributed by atoms with van der Waals surface area (Å²) in [4.78, 5) is 12.8. The number of aromatic nitrogens is 1. The number of aryl methyl sites for hydroxylation is 1. The number of anilines is 1. The number of hydrogen-bond donors (Lipinski definition) is 1. The number of nitrogens with zero attached hydrogens (tertiary/aromatic N) is 2. The van der Waals surface area contributed by atoms with E-state index in [1.165, 1.54) is 40.4 Å². The summed E-state index contributed by atoms with van der Waals surface area (Å²) in [5.41, 5.74) is 6.86. The molecule has 0 saturated heterocycles. The van der Waals surface area contributed by atoms with Crippen LogP contribution in [0.25, 0.3) is 10.9 Å². The zero-order chi connectivity index (χ0) is 22.9. The number of carbonyl (C=O) groups excluding carboxylic acids is 1. The van der Waals surface area contributed by atoms with Crippen molar-refractivity contribution in [3.63, 3.8) is 0 Å². The summed E-state index contributed by atoms with van der Waals surface area (Å²) in [5.74, 6) is -0.247. The van der Waals surface area contributed by atoms with Crippen LogP contribution >= 0.6 is 0 Å². The average molecular weight is 448 g/mol. The van der Waals surface area contributed by atoms with Gasteiger partial charge < -0.3 is 24.5 Å². The van der Waals surface area contributed by atoms with Crippen molar-refractivity contribution in [2.75, 3.05) is 25.6 Å². The van der Waals surface area contributed by atoms with Crippen molar-refractivity contribution in [1.29, 1.82) is 0 Å². The molecule has 1 atom stereocenters. The summed E-state index contributed by atoms with van der Waals surface area (Å²) in [7, 11) is 1.67. The zero-order valence-electron chi connectivity index (χ0n) is 17.9. The minimum atomic E-state index is -4.37. The maximum atomic E-state index is 13.6. The quantitative estimate of drug-likeness (QED) is 0.591. The fraction of sp³-hybridized carbons (Fsp3) is 0.286. The van der Waals surface area contributed by atoms with E-state index in [1.54, 1.807) is 18.2 Å². The highest BCUT2D eigenvalue weighted by molar-refractivity contribution is 7.93. The summed E-state index contributed by atoms with van der Waals surface area (Å²) in [6.45, 7) is 1.43. The number of benzene rings is 2. The van der Waals surface area contributed by atoms with Gasteiger partial charge in [0, 0.05) is 36.3 Å². The Labute approximate surface area is 181 Å². The fourth-order valence-corrected chi connectivity index (χ4v) is 4.79. The van der Waals surface area contributed by atoms with Gasteiger partial charge in [-0.05, 0) is 31.2 Å². The molecule has 2 aromatic carbocycles. The summed E-state index contributed by atoms with van der Waals surface area (Å²) in [6.07, 6.45) is 1.85. The van der Waals surface area contributed by atoms with Crippen molar-refractivity contribution in [1.82, 2.24) is 4.57 Å². The van der Waals surface area contributed by atoms with Crippen LogP contribution < -0.4 is 24.2 Å². The van der Waals surface area contributed by atoms with Crippen LogP contribution in [-0.2, 0) is 21.9 Å². The minimum Gasteiger partial charge on any atom is -0.493 e. The lowest BCUT2D eigenvalue weighted by Crippen LogP contribution is -2.45. The molecule has 3 rings (SSSR count). The molecule has 9 nitrogen and oxygen atoms in total. The van der Waals surface area contributed by atoms with E-state index in [9.17, 15) is 13.2 Å². The third-order valence-corrected chi connectivity index (χ3v) is 6.57. The van der Waals surface area contributed by atoms with Crippen LogP contribution in [0, 0.1) is 0 Å². The summed E-state index contributed by atoms with van der Waals surface area (Å²) in [5, 5.41) is 0.780. The van der Waals surface area contributed by atoms with Gasteiger partial charge in [0.25, 0.3) is 15.9 Å². The van der Waals surface area contributed by atoms with E-state index in [0.29, 0.717) is 4.31 Å². The van der Waals surface area contributed by atoms with Crippen molar-refractivity contribution >= 4 is 32.5 Å². The predicted octanol–water partition coefficient (Wildman–Crippen LogP) is 2.27. The molecule has 0 aliphatic heterocycles. The van der Waals surface area contributed by atoms with Crippen LogP contribution in [0.15, 0.2) is 47.5 Å². The topological polar surface area (TPSA) is 113 Å². The zero-order valence-corrected chi connectivity index (χ0v) is 18.8. The van der Waals surface area contributed by atoms with Gasteiger partial charge in [0.1, 0.15) is 0 Å². The molecule has 0 aliphatic carbocycles. The summed E-state index contributed by atoms with van der Waals surface area (Å²) < 4.78 is 45.7. The normalized spacial score (nSPS) is 12.5. The number of fused-ring (bicyclic) bond motifs is 1. The van der Waals surface area contributed by atoms with E-state index in [2.05, 4.69) is 0 Å². The molecule has 3 aromatic rings. The van der Waals surface area contributed by atoms with E-state index in [1.807, 2.05) is 23.9 Å². The molecule has 166 valence electrons. The Bertz CT molecular complexity index is 1210. The fourth-order valence-electron chi connectivity index (χ4n) is 3.28. The highest BCUT2D eigenvalue weighted by Gasteiger charge is 2.34. The maximum absolute atomic E-state index is 13.6. The molecule has 0 saturated carbocycles. The molecular formula is C21H25N3O6S. The van der Waals surface area contributed by atoms with Crippen molar-refractivity contribution in [3.8, 4) is 17.2 Å². The Morgan fingerprint density at radius 2 is 1.65 bits per heavy atom. The second kappa shape index (κ2) is 8.48. The first-order chi connectivity index (χ1) is 14.6. The standard InChI is InChI=1S/C21H25N3O6S/c1-13(22)21(25)24(15-6-7-17-14(10-15)8-9-23(17)2)31(26,27)16-11-18(28-3)20(30-5)19(12-16)29-4/h6-13H,22H2,1-5H3/t13-/m0/s1.